The molecule has 0 amide bonds. The van der Waals surface area contributed by atoms with E-state index < -0.39 is 0 Å². The number of nitrogens with two attached hydrogens (primary N) is 1. The van der Waals surface area contributed by atoms with Crippen LogP contribution in [0.5, 0.6) is 0 Å². The zero-order valence-electron chi connectivity index (χ0n) is 10.7. The van der Waals surface area contributed by atoms with Crippen LogP contribution in [-0.2, 0) is 5.41 Å². The van der Waals surface area contributed by atoms with Crippen molar-refractivity contribution >= 4 is 5.69 Å². The van der Waals surface area contributed by atoms with E-state index in [-0.39, 0.29) is 5.41 Å². The predicted octanol–water partition coefficient (Wildman–Crippen LogP) is 3.53. The first-order valence-corrected chi connectivity index (χ1v) is 5.72. The van der Waals surface area contributed by atoms with Crippen LogP contribution in [0.25, 0.3) is 11.3 Å². The highest BCUT2D eigenvalue weighted by molar-refractivity contribution is 5.65. The molecule has 2 N–H and O–H groups in total. The van der Waals surface area contributed by atoms with Gasteiger partial charge in [0.05, 0.1) is 0 Å². The summed E-state index contributed by atoms with van der Waals surface area (Å²) in [5, 5.41) is 0. The van der Waals surface area contributed by atoms with Gasteiger partial charge in [0.1, 0.15) is 11.5 Å². The van der Waals surface area contributed by atoms with Gasteiger partial charge < -0.3 is 10.2 Å². The molecule has 0 saturated heterocycles. The molecular weight excluding hydrogens is 212 g/mol. The first-order valence-electron chi connectivity index (χ1n) is 5.72. The summed E-state index contributed by atoms with van der Waals surface area (Å²) in [7, 11) is 0. The average molecular weight is 230 g/mol. The lowest BCUT2D eigenvalue weighted by molar-refractivity contribution is 0.380. The van der Waals surface area contributed by atoms with Crippen LogP contribution in [0, 0.1) is 6.92 Å². The monoisotopic (exact) mass is 230 g/mol. The molecule has 1 heterocycles. The fourth-order valence-corrected chi connectivity index (χ4v) is 1.67. The second kappa shape index (κ2) is 3.91. The van der Waals surface area contributed by atoms with Crippen LogP contribution in [0.15, 0.2) is 28.7 Å². The number of aryl methyl sites for hydroxylation is 1. The number of oxazole rings is 1. The summed E-state index contributed by atoms with van der Waals surface area (Å²) in [4.78, 5) is 4.57. The summed E-state index contributed by atoms with van der Waals surface area (Å²) in [6.07, 6.45) is 0. The Balaban J connectivity index is 2.50. The summed E-state index contributed by atoms with van der Waals surface area (Å²) in [5.41, 5.74) is 8.32. The number of anilines is 1. The van der Waals surface area contributed by atoms with Crippen molar-refractivity contribution in [3.8, 4) is 11.3 Å². The molecule has 0 fully saturated rings. The van der Waals surface area contributed by atoms with Gasteiger partial charge >= 0.3 is 0 Å². The Morgan fingerprint density at radius 2 is 1.94 bits per heavy atom. The third-order valence-electron chi connectivity index (χ3n) is 2.60. The van der Waals surface area contributed by atoms with Crippen molar-refractivity contribution in [3.05, 3.63) is 35.9 Å². The lowest BCUT2D eigenvalue weighted by Crippen LogP contribution is -2.11. The van der Waals surface area contributed by atoms with Crippen LogP contribution in [0.1, 0.15) is 32.4 Å². The molecule has 90 valence electrons. The molecule has 0 saturated carbocycles. The van der Waals surface area contributed by atoms with Gasteiger partial charge in [0.2, 0.25) is 0 Å². The van der Waals surface area contributed by atoms with Crippen LogP contribution < -0.4 is 5.73 Å². The molecule has 0 unspecified atom stereocenters. The first-order chi connectivity index (χ1) is 7.88. The van der Waals surface area contributed by atoms with Gasteiger partial charge in [-0.1, -0.05) is 32.9 Å². The van der Waals surface area contributed by atoms with E-state index in [1.165, 1.54) is 0 Å². The molecule has 17 heavy (non-hydrogen) atoms. The number of nitrogens with zero attached hydrogens (tertiary/aromatic N) is 1. The van der Waals surface area contributed by atoms with E-state index >= 15 is 0 Å². The van der Waals surface area contributed by atoms with Crippen molar-refractivity contribution in [1.82, 2.24) is 4.98 Å². The van der Waals surface area contributed by atoms with E-state index in [0.717, 1.165) is 28.6 Å². The number of aromatic nitrogens is 1. The van der Waals surface area contributed by atoms with Crippen molar-refractivity contribution in [1.29, 1.82) is 0 Å². The third kappa shape index (κ3) is 2.33. The standard InChI is InChI=1S/C14H18N2O/c1-9-12(10-6-5-7-11(15)8-10)16-13(17-9)14(2,3)4/h5-8H,15H2,1-4H3. The minimum Gasteiger partial charge on any atom is -0.445 e. The zero-order valence-corrected chi connectivity index (χ0v) is 10.7. The Bertz CT molecular complexity index is 535. The lowest BCUT2D eigenvalue weighted by atomic mass is 9.97. The maximum atomic E-state index is 5.78. The number of nitrogen functional groups attached to an aromatic ring is 1. The molecule has 3 heteroatoms. The Hall–Kier alpha value is -1.77. The SMILES string of the molecule is Cc1oc(C(C)(C)C)nc1-c1cccc(N)c1. The summed E-state index contributed by atoms with van der Waals surface area (Å²) in [5.74, 6) is 1.59. The van der Waals surface area contributed by atoms with E-state index in [1.807, 2.05) is 31.2 Å². The Kier molecular flexibility index (Phi) is 2.69. The highest BCUT2D eigenvalue weighted by Gasteiger charge is 2.22. The minimum absolute atomic E-state index is 0.0800. The Morgan fingerprint density at radius 3 is 2.47 bits per heavy atom. The molecule has 1 aromatic heterocycles. The van der Waals surface area contributed by atoms with E-state index in [9.17, 15) is 0 Å². The molecule has 1 aromatic carbocycles. The molecule has 0 atom stereocenters. The van der Waals surface area contributed by atoms with E-state index in [1.54, 1.807) is 0 Å². The van der Waals surface area contributed by atoms with Gasteiger partial charge in [-0.15, -0.1) is 0 Å². The van der Waals surface area contributed by atoms with Gasteiger partial charge in [0.25, 0.3) is 0 Å². The van der Waals surface area contributed by atoms with Crippen LogP contribution in [-0.4, -0.2) is 4.98 Å². The fraction of sp³-hybridized carbons (Fsp3) is 0.357. The summed E-state index contributed by atoms with van der Waals surface area (Å²) >= 11 is 0. The zero-order chi connectivity index (χ0) is 12.6. The average Bonchev–Trinajstić information content (AvgIpc) is 2.60. The molecule has 0 aliphatic rings. The van der Waals surface area contributed by atoms with E-state index in [2.05, 4.69) is 25.8 Å². The summed E-state index contributed by atoms with van der Waals surface area (Å²) in [6, 6.07) is 7.70. The first kappa shape index (κ1) is 11.7. The highest BCUT2D eigenvalue weighted by atomic mass is 16.4. The van der Waals surface area contributed by atoms with Crippen molar-refractivity contribution in [2.24, 2.45) is 0 Å². The second-order valence-corrected chi connectivity index (χ2v) is 5.30. The van der Waals surface area contributed by atoms with Gasteiger partial charge in [0, 0.05) is 16.7 Å². The predicted molar refractivity (Wildman–Crippen MR) is 69.8 cm³/mol. The maximum absolute atomic E-state index is 5.78. The topological polar surface area (TPSA) is 52.0 Å². The van der Waals surface area contributed by atoms with Gasteiger partial charge in [-0.2, -0.15) is 0 Å². The van der Waals surface area contributed by atoms with E-state index in [0.29, 0.717) is 0 Å². The minimum atomic E-state index is -0.0800. The van der Waals surface area contributed by atoms with Gasteiger partial charge in [-0.3, -0.25) is 0 Å². The Morgan fingerprint density at radius 1 is 1.24 bits per heavy atom. The van der Waals surface area contributed by atoms with E-state index in [4.69, 9.17) is 10.2 Å². The van der Waals surface area contributed by atoms with Crippen molar-refractivity contribution < 1.29 is 4.42 Å². The normalized spacial score (nSPS) is 11.8. The third-order valence-corrected chi connectivity index (χ3v) is 2.60. The van der Waals surface area contributed by atoms with Gasteiger partial charge in [-0.05, 0) is 19.1 Å². The van der Waals surface area contributed by atoms with Gasteiger partial charge in [-0.25, -0.2) is 4.98 Å². The smallest absolute Gasteiger partial charge is 0.200 e. The number of hydrogen-bond acceptors (Lipinski definition) is 3. The molecule has 2 aromatic rings. The lowest BCUT2D eigenvalue weighted by Gasteiger charge is -2.11. The maximum Gasteiger partial charge on any atom is 0.200 e. The summed E-state index contributed by atoms with van der Waals surface area (Å²) in [6.45, 7) is 8.19. The number of benzene rings is 1. The molecule has 0 spiro atoms. The number of hydrogen-bond donors (Lipinski definition) is 1. The molecule has 0 bridgehead atoms. The molecule has 0 aliphatic heterocycles. The highest BCUT2D eigenvalue weighted by Crippen LogP contribution is 2.29. The number of rotatable bonds is 1. The quantitative estimate of drug-likeness (QED) is 0.762. The van der Waals surface area contributed by atoms with Crippen LogP contribution in [0.3, 0.4) is 0 Å². The molecule has 2 rings (SSSR count). The molecular formula is C14H18N2O. The van der Waals surface area contributed by atoms with Crippen LogP contribution in [0.2, 0.25) is 0 Å². The largest absolute Gasteiger partial charge is 0.445 e. The van der Waals surface area contributed by atoms with Crippen molar-refractivity contribution in [2.45, 2.75) is 33.1 Å². The molecule has 0 radical (unpaired) electrons. The summed E-state index contributed by atoms with van der Waals surface area (Å²) < 4.78 is 5.72. The Labute approximate surface area is 102 Å². The van der Waals surface area contributed by atoms with Gasteiger partial charge in [0.15, 0.2) is 5.89 Å². The molecule has 0 aliphatic carbocycles. The second-order valence-electron chi connectivity index (χ2n) is 5.30. The van der Waals surface area contributed by atoms with Crippen molar-refractivity contribution in [3.63, 3.8) is 0 Å². The van der Waals surface area contributed by atoms with Crippen LogP contribution >= 0.6 is 0 Å². The van der Waals surface area contributed by atoms with Crippen LogP contribution in [0.4, 0.5) is 5.69 Å². The fourth-order valence-electron chi connectivity index (χ4n) is 1.67. The molecule has 3 nitrogen and oxygen atoms in total. The van der Waals surface area contributed by atoms with Crippen molar-refractivity contribution in [2.75, 3.05) is 5.73 Å².